The van der Waals surface area contributed by atoms with Gasteiger partial charge in [-0.15, -0.1) is 0 Å². The summed E-state index contributed by atoms with van der Waals surface area (Å²) < 4.78 is 13.4. The standard InChI is InChI=1S/C20H17ClFN3O2/c1-3-16-20(27)19(24-13-6-7-15(22)14(21)9-13)17(11(2)26)18(25-16)12-5-4-8-23-10-12/h4-10,16,24H,3H2,1-2H3. The number of dihydropyridines is 1. The molecule has 0 saturated heterocycles. The maximum absolute atomic E-state index is 13.4. The zero-order valence-electron chi connectivity index (χ0n) is 14.8. The van der Waals surface area contributed by atoms with Gasteiger partial charge in [-0.1, -0.05) is 18.5 Å². The molecule has 0 saturated carbocycles. The number of allylic oxidation sites excluding steroid dienone is 1. The normalized spacial score (nSPS) is 17.0. The molecule has 1 aliphatic heterocycles. The molecule has 0 fully saturated rings. The van der Waals surface area contributed by atoms with Crippen molar-refractivity contribution in [2.75, 3.05) is 5.32 Å². The number of carbonyl (C=O) groups is 2. The molecule has 138 valence electrons. The van der Waals surface area contributed by atoms with Crippen LogP contribution in [-0.4, -0.2) is 28.3 Å². The number of hydrogen-bond acceptors (Lipinski definition) is 5. The fourth-order valence-electron chi connectivity index (χ4n) is 2.87. The molecule has 2 heterocycles. The molecule has 1 N–H and O–H groups in total. The largest absolute Gasteiger partial charge is 0.352 e. The van der Waals surface area contributed by atoms with Gasteiger partial charge in [0.1, 0.15) is 11.9 Å². The van der Waals surface area contributed by atoms with Crippen LogP contribution < -0.4 is 5.32 Å². The van der Waals surface area contributed by atoms with Gasteiger partial charge in [-0.25, -0.2) is 4.39 Å². The number of nitrogens with one attached hydrogen (secondary N) is 1. The van der Waals surface area contributed by atoms with Gasteiger partial charge in [-0.3, -0.25) is 19.6 Å². The van der Waals surface area contributed by atoms with Crippen LogP contribution in [0, 0.1) is 5.82 Å². The third kappa shape index (κ3) is 3.80. The predicted octanol–water partition coefficient (Wildman–Crippen LogP) is 3.98. The average molecular weight is 386 g/mol. The minimum atomic E-state index is -0.623. The fraction of sp³-hybridized carbons (Fsp3) is 0.200. The Labute approximate surface area is 161 Å². The van der Waals surface area contributed by atoms with Crippen LogP contribution in [0.25, 0.3) is 0 Å². The predicted molar refractivity (Wildman–Crippen MR) is 103 cm³/mol. The molecular formula is C20H17ClFN3O2. The number of hydrogen-bond donors (Lipinski definition) is 1. The number of pyridine rings is 1. The van der Waals surface area contributed by atoms with E-state index in [0.29, 0.717) is 23.4 Å². The molecule has 0 bridgehead atoms. The summed E-state index contributed by atoms with van der Waals surface area (Å²) in [7, 11) is 0. The highest BCUT2D eigenvalue weighted by molar-refractivity contribution is 6.34. The van der Waals surface area contributed by atoms with Gasteiger partial charge in [-0.2, -0.15) is 0 Å². The van der Waals surface area contributed by atoms with E-state index in [1.807, 2.05) is 6.92 Å². The Morgan fingerprint density at radius 2 is 2.11 bits per heavy atom. The van der Waals surface area contributed by atoms with E-state index in [0.717, 1.165) is 0 Å². The smallest absolute Gasteiger partial charge is 0.204 e. The van der Waals surface area contributed by atoms with Crippen LogP contribution in [0.4, 0.5) is 10.1 Å². The lowest BCUT2D eigenvalue weighted by Crippen LogP contribution is -2.34. The van der Waals surface area contributed by atoms with Crippen LogP contribution in [0.2, 0.25) is 5.02 Å². The molecule has 0 spiro atoms. The number of nitrogens with zero attached hydrogens (tertiary/aromatic N) is 2. The quantitative estimate of drug-likeness (QED) is 0.845. The average Bonchev–Trinajstić information content (AvgIpc) is 2.66. The lowest BCUT2D eigenvalue weighted by molar-refractivity contribution is -0.118. The molecule has 1 aromatic heterocycles. The minimum Gasteiger partial charge on any atom is -0.352 e. The minimum absolute atomic E-state index is 0.0820. The molecule has 0 amide bonds. The topological polar surface area (TPSA) is 71.4 Å². The zero-order chi connectivity index (χ0) is 19.6. The van der Waals surface area contributed by atoms with Crippen molar-refractivity contribution in [3.8, 4) is 0 Å². The molecular weight excluding hydrogens is 369 g/mol. The van der Waals surface area contributed by atoms with E-state index < -0.39 is 11.9 Å². The number of Topliss-reactive ketones (excluding diaryl/α,β-unsaturated/α-hetero) is 2. The van der Waals surface area contributed by atoms with Crippen LogP contribution in [0.3, 0.4) is 0 Å². The van der Waals surface area contributed by atoms with Gasteiger partial charge in [0.15, 0.2) is 5.78 Å². The highest BCUT2D eigenvalue weighted by Crippen LogP contribution is 2.27. The number of aromatic nitrogens is 1. The van der Waals surface area contributed by atoms with E-state index in [2.05, 4.69) is 15.3 Å². The van der Waals surface area contributed by atoms with Gasteiger partial charge in [0.05, 0.1) is 22.0 Å². The van der Waals surface area contributed by atoms with Crippen LogP contribution >= 0.6 is 11.6 Å². The lowest BCUT2D eigenvalue weighted by Gasteiger charge is -2.24. The van der Waals surface area contributed by atoms with E-state index in [9.17, 15) is 14.0 Å². The number of ketones is 2. The summed E-state index contributed by atoms with van der Waals surface area (Å²) in [5.74, 6) is -1.17. The maximum Gasteiger partial charge on any atom is 0.204 e. The highest BCUT2D eigenvalue weighted by atomic mass is 35.5. The van der Waals surface area contributed by atoms with Crippen LogP contribution in [0.1, 0.15) is 25.8 Å². The summed E-state index contributed by atoms with van der Waals surface area (Å²) >= 11 is 5.83. The monoisotopic (exact) mass is 385 g/mol. The van der Waals surface area contributed by atoms with Gasteiger partial charge >= 0.3 is 0 Å². The summed E-state index contributed by atoms with van der Waals surface area (Å²) in [5, 5.41) is 2.87. The molecule has 1 unspecified atom stereocenters. The molecule has 0 aliphatic carbocycles. The van der Waals surface area contributed by atoms with Gasteiger partial charge < -0.3 is 5.32 Å². The Bertz CT molecular complexity index is 970. The molecule has 3 rings (SSSR count). The number of rotatable bonds is 5. The van der Waals surface area contributed by atoms with Crippen molar-refractivity contribution in [3.05, 3.63) is 70.4 Å². The number of anilines is 1. The summed E-state index contributed by atoms with van der Waals surface area (Å²) in [4.78, 5) is 33.9. The Hall–Kier alpha value is -2.86. The Balaban J connectivity index is 2.15. The summed E-state index contributed by atoms with van der Waals surface area (Å²) in [6.07, 6.45) is 3.69. The molecule has 1 aromatic carbocycles. The second-order valence-corrected chi connectivity index (χ2v) is 6.47. The summed E-state index contributed by atoms with van der Waals surface area (Å²) in [5.41, 5.74) is 1.78. The van der Waals surface area contributed by atoms with Gasteiger partial charge in [0.2, 0.25) is 5.78 Å². The van der Waals surface area contributed by atoms with Crippen molar-refractivity contribution in [2.24, 2.45) is 4.99 Å². The van der Waals surface area contributed by atoms with Crippen LogP contribution in [-0.2, 0) is 9.59 Å². The number of aliphatic imine (C=N–C) groups is 1. The molecule has 5 nitrogen and oxygen atoms in total. The molecule has 2 aromatic rings. The third-order valence-electron chi connectivity index (χ3n) is 4.18. The first-order valence-corrected chi connectivity index (χ1v) is 8.80. The third-order valence-corrected chi connectivity index (χ3v) is 4.47. The number of benzene rings is 1. The Morgan fingerprint density at radius 1 is 1.33 bits per heavy atom. The van der Waals surface area contributed by atoms with E-state index in [1.54, 1.807) is 24.5 Å². The first-order valence-electron chi connectivity index (χ1n) is 8.42. The molecule has 7 heteroatoms. The molecule has 27 heavy (non-hydrogen) atoms. The Morgan fingerprint density at radius 3 is 2.70 bits per heavy atom. The van der Waals surface area contributed by atoms with Crippen molar-refractivity contribution in [1.82, 2.24) is 4.98 Å². The summed E-state index contributed by atoms with van der Waals surface area (Å²) in [6.45, 7) is 3.22. The van der Waals surface area contributed by atoms with E-state index >= 15 is 0 Å². The zero-order valence-corrected chi connectivity index (χ0v) is 15.5. The summed E-state index contributed by atoms with van der Waals surface area (Å²) in [6, 6.07) is 6.91. The molecule has 1 aliphatic rings. The SMILES string of the molecule is CCC1N=C(c2cccnc2)C(C(C)=O)=C(Nc2ccc(F)c(Cl)c2)C1=O. The van der Waals surface area contributed by atoms with E-state index in [4.69, 9.17) is 11.6 Å². The second kappa shape index (κ2) is 7.80. The van der Waals surface area contributed by atoms with Crippen molar-refractivity contribution >= 4 is 34.6 Å². The van der Waals surface area contributed by atoms with E-state index in [1.165, 1.54) is 25.1 Å². The van der Waals surface area contributed by atoms with Gasteiger partial charge in [-0.05, 0) is 43.7 Å². The maximum atomic E-state index is 13.4. The van der Waals surface area contributed by atoms with Crippen molar-refractivity contribution in [3.63, 3.8) is 0 Å². The van der Waals surface area contributed by atoms with E-state index in [-0.39, 0.29) is 27.9 Å². The van der Waals surface area contributed by atoms with Gasteiger partial charge in [0, 0.05) is 23.6 Å². The number of halogens is 2. The first kappa shape index (κ1) is 18.9. The fourth-order valence-corrected chi connectivity index (χ4v) is 3.05. The van der Waals surface area contributed by atoms with Crippen molar-refractivity contribution < 1.29 is 14.0 Å². The second-order valence-electron chi connectivity index (χ2n) is 6.07. The van der Waals surface area contributed by atoms with Crippen molar-refractivity contribution in [2.45, 2.75) is 26.3 Å². The first-order chi connectivity index (χ1) is 12.9. The number of carbonyl (C=O) groups excluding carboxylic acids is 2. The van der Waals surface area contributed by atoms with Crippen LogP contribution in [0.5, 0.6) is 0 Å². The van der Waals surface area contributed by atoms with Crippen LogP contribution in [0.15, 0.2) is 59.0 Å². The lowest BCUT2D eigenvalue weighted by atomic mass is 9.90. The molecule has 1 atom stereocenters. The van der Waals surface area contributed by atoms with Gasteiger partial charge in [0.25, 0.3) is 0 Å². The highest BCUT2D eigenvalue weighted by Gasteiger charge is 2.33. The Kier molecular flexibility index (Phi) is 5.46. The van der Waals surface area contributed by atoms with Crippen molar-refractivity contribution in [1.29, 1.82) is 0 Å². The molecule has 0 radical (unpaired) electrons.